The monoisotopic (exact) mass is 315 g/mol. The van der Waals surface area contributed by atoms with Gasteiger partial charge >= 0.3 is 12.1 Å². The number of hydrogen-bond donors (Lipinski definition) is 2. The minimum atomic E-state index is -1.31. The minimum absolute atomic E-state index is 0.0113. The molecule has 122 valence electrons. The third-order valence-corrected chi connectivity index (χ3v) is 2.86. The van der Waals surface area contributed by atoms with E-state index in [1.165, 1.54) is 13.0 Å². The summed E-state index contributed by atoms with van der Waals surface area (Å²) in [5.41, 5.74) is -0.468. The Morgan fingerprint density at radius 1 is 1.32 bits per heavy atom. The van der Waals surface area contributed by atoms with E-state index in [0.717, 1.165) is 6.07 Å². The molecule has 1 amide bonds. The van der Waals surface area contributed by atoms with Crippen LogP contribution in [0.15, 0.2) is 12.1 Å². The van der Waals surface area contributed by atoms with Gasteiger partial charge in [0.1, 0.15) is 11.6 Å². The molecule has 1 aromatic carbocycles. The molecule has 1 atom stereocenters. The molecule has 0 bridgehead atoms. The molecule has 0 aliphatic rings. The van der Waals surface area contributed by atoms with Gasteiger partial charge in [-0.1, -0.05) is 6.07 Å². The van der Waals surface area contributed by atoms with Gasteiger partial charge in [-0.15, -0.1) is 0 Å². The number of amides is 1. The van der Waals surface area contributed by atoms with Crippen molar-refractivity contribution >= 4 is 12.1 Å². The maximum Gasteiger partial charge on any atom is 0.408 e. The third-order valence-electron chi connectivity index (χ3n) is 2.86. The van der Waals surface area contributed by atoms with Crippen LogP contribution < -0.4 is 5.32 Å². The number of carboxylic acid groups (broad SMARTS) is 1. The van der Waals surface area contributed by atoms with Gasteiger partial charge in [0.25, 0.3) is 0 Å². The lowest BCUT2D eigenvalue weighted by Gasteiger charge is -2.22. The van der Waals surface area contributed by atoms with Gasteiger partial charge in [0.2, 0.25) is 0 Å². The van der Waals surface area contributed by atoms with Gasteiger partial charge < -0.3 is 15.2 Å². The number of carbonyl (C=O) groups excluding carboxylic acids is 1. The number of aliphatic carboxylic acids is 1. The second kappa shape index (κ2) is 6.72. The zero-order chi connectivity index (χ0) is 17.1. The first kappa shape index (κ1) is 17.9. The first-order valence-corrected chi connectivity index (χ1v) is 6.67. The Bertz CT molecular complexity index is 582. The summed E-state index contributed by atoms with van der Waals surface area (Å²) in [6.45, 7) is 6.27. The van der Waals surface area contributed by atoms with Crippen molar-refractivity contribution in [2.24, 2.45) is 0 Å². The molecule has 0 spiro atoms. The molecule has 22 heavy (non-hydrogen) atoms. The van der Waals surface area contributed by atoms with E-state index in [0.29, 0.717) is 5.56 Å². The van der Waals surface area contributed by atoms with Gasteiger partial charge in [0.15, 0.2) is 11.6 Å². The average Bonchev–Trinajstić information content (AvgIpc) is 2.36. The molecule has 0 saturated heterocycles. The smallest absolute Gasteiger partial charge is 0.408 e. The number of benzene rings is 1. The van der Waals surface area contributed by atoms with Gasteiger partial charge in [-0.25, -0.2) is 18.4 Å². The molecule has 1 unspecified atom stereocenters. The Morgan fingerprint density at radius 2 is 1.91 bits per heavy atom. The van der Waals surface area contributed by atoms with E-state index in [2.05, 4.69) is 5.32 Å². The summed E-state index contributed by atoms with van der Waals surface area (Å²) in [4.78, 5) is 22.9. The van der Waals surface area contributed by atoms with Crippen LogP contribution in [0.5, 0.6) is 0 Å². The third kappa shape index (κ3) is 4.98. The topological polar surface area (TPSA) is 75.6 Å². The summed E-state index contributed by atoms with van der Waals surface area (Å²) in [5, 5.41) is 11.4. The maximum absolute atomic E-state index is 13.5. The predicted molar refractivity (Wildman–Crippen MR) is 75.6 cm³/mol. The highest BCUT2D eigenvalue weighted by atomic mass is 19.2. The molecule has 0 radical (unpaired) electrons. The van der Waals surface area contributed by atoms with Crippen LogP contribution in [0.2, 0.25) is 0 Å². The number of carbonyl (C=O) groups is 2. The van der Waals surface area contributed by atoms with Gasteiger partial charge in [-0.3, -0.25) is 0 Å². The molecule has 0 aromatic heterocycles. The zero-order valence-corrected chi connectivity index (χ0v) is 12.9. The van der Waals surface area contributed by atoms with Crippen molar-refractivity contribution in [3.05, 3.63) is 34.9 Å². The SMILES string of the molecule is Cc1c(CC(NC(=O)OC(C)(C)C)C(=O)O)ccc(F)c1F. The zero-order valence-electron chi connectivity index (χ0n) is 12.9. The standard InChI is InChI=1S/C15H19F2NO4/c1-8-9(5-6-10(16)12(8)17)7-11(13(19)20)18-14(21)22-15(2,3)4/h5-6,11H,7H2,1-4H3,(H,18,21)(H,19,20). The molecule has 0 saturated carbocycles. The van der Waals surface area contributed by atoms with Crippen molar-refractivity contribution in [2.45, 2.75) is 45.8 Å². The van der Waals surface area contributed by atoms with E-state index >= 15 is 0 Å². The normalized spacial score (nSPS) is 12.6. The van der Waals surface area contributed by atoms with Gasteiger partial charge in [0, 0.05) is 6.42 Å². The second-order valence-electron chi connectivity index (χ2n) is 5.89. The summed E-state index contributed by atoms with van der Waals surface area (Å²) in [6.07, 6.45) is -1.07. The van der Waals surface area contributed by atoms with Gasteiger partial charge in [-0.05, 0) is 44.9 Å². The van der Waals surface area contributed by atoms with E-state index in [-0.39, 0.29) is 12.0 Å². The molecule has 2 N–H and O–H groups in total. The lowest BCUT2D eigenvalue weighted by Crippen LogP contribution is -2.44. The number of nitrogens with one attached hydrogen (secondary N) is 1. The number of rotatable bonds is 4. The van der Waals surface area contributed by atoms with Crippen LogP contribution >= 0.6 is 0 Å². The van der Waals surface area contributed by atoms with Crippen LogP contribution in [-0.4, -0.2) is 28.8 Å². The van der Waals surface area contributed by atoms with Crippen LogP contribution in [0.25, 0.3) is 0 Å². The summed E-state index contributed by atoms with van der Waals surface area (Å²) in [5.74, 6) is -3.33. The largest absolute Gasteiger partial charge is 0.480 e. The molecule has 7 heteroatoms. The van der Waals surface area contributed by atoms with Crippen LogP contribution in [0.3, 0.4) is 0 Å². The predicted octanol–water partition coefficient (Wildman–Crippen LogP) is 2.79. The van der Waals surface area contributed by atoms with Crippen LogP contribution in [-0.2, 0) is 16.0 Å². The first-order valence-electron chi connectivity index (χ1n) is 6.67. The highest BCUT2D eigenvalue weighted by Gasteiger charge is 2.25. The molecular weight excluding hydrogens is 296 g/mol. The molecule has 5 nitrogen and oxygen atoms in total. The molecule has 1 rings (SSSR count). The van der Waals surface area contributed by atoms with Crippen LogP contribution in [0.1, 0.15) is 31.9 Å². The number of alkyl carbamates (subject to hydrolysis) is 1. The van der Waals surface area contributed by atoms with Crippen molar-refractivity contribution in [1.82, 2.24) is 5.32 Å². The number of hydrogen-bond acceptors (Lipinski definition) is 3. The Labute approximate surface area is 127 Å². The second-order valence-corrected chi connectivity index (χ2v) is 5.89. The molecule has 0 fully saturated rings. The Morgan fingerprint density at radius 3 is 2.41 bits per heavy atom. The summed E-state index contributed by atoms with van der Waals surface area (Å²) in [6, 6.07) is 0.906. The Hall–Kier alpha value is -2.18. The molecule has 0 aliphatic carbocycles. The number of carboxylic acids is 1. The van der Waals surface area contributed by atoms with Gasteiger partial charge in [-0.2, -0.15) is 0 Å². The molecule has 0 aliphatic heterocycles. The van der Waals surface area contributed by atoms with Crippen molar-refractivity contribution < 1.29 is 28.2 Å². The van der Waals surface area contributed by atoms with E-state index < -0.39 is 35.3 Å². The quantitative estimate of drug-likeness (QED) is 0.896. The summed E-state index contributed by atoms with van der Waals surface area (Å²) < 4.78 is 31.5. The fraction of sp³-hybridized carbons (Fsp3) is 0.467. The number of ether oxygens (including phenoxy) is 1. The Kier molecular flexibility index (Phi) is 5.46. The van der Waals surface area contributed by atoms with Crippen molar-refractivity contribution in [2.75, 3.05) is 0 Å². The summed E-state index contributed by atoms with van der Waals surface area (Å²) >= 11 is 0. The van der Waals surface area contributed by atoms with E-state index in [1.807, 2.05) is 0 Å². The van der Waals surface area contributed by atoms with E-state index in [4.69, 9.17) is 9.84 Å². The van der Waals surface area contributed by atoms with E-state index in [9.17, 15) is 18.4 Å². The molecular formula is C15H19F2NO4. The number of halogens is 2. The fourth-order valence-corrected chi connectivity index (χ4v) is 1.78. The lowest BCUT2D eigenvalue weighted by molar-refractivity contribution is -0.139. The van der Waals surface area contributed by atoms with Crippen molar-refractivity contribution in [3.8, 4) is 0 Å². The van der Waals surface area contributed by atoms with E-state index in [1.54, 1.807) is 20.8 Å². The fourth-order valence-electron chi connectivity index (χ4n) is 1.78. The van der Waals surface area contributed by atoms with Crippen molar-refractivity contribution in [1.29, 1.82) is 0 Å². The lowest BCUT2D eigenvalue weighted by atomic mass is 10.0. The van der Waals surface area contributed by atoms with Crippen LogP contribution in [0, 0.1) is 18.6 Å². The highest BCUT2D eigenvalue weighted by molar-refractivity contribution is 5.80. The average molecular weight is 315 g/mol. The van der Waals surface area contributed by atoms with Gasteiger partial charge in [0.05, 0.1) is 0 Å². The summed E-state index contributed by atoms with van der Waals surface area (Å²) in [7, 11) is 0. The minimum Gasteiger partial charge on any atom is -0.480 e. The first-order chi connectivity index (χ1) is 10.0. The molecule has 1 aromatic rings. The van der Waals surface area contributed by atoms with Crippen LogP contribution in [0.4, 0.5) is 13.6 Å². The highest BCUT2D eigenvalue weighted by Crippen LogP contribution is 2.17. The molecule has 0 heterocycles. The maximum atomic E-state index is 13.5. The van der Waals surface area contributed by atoms with Crippen molar-refractivity contribution in [3.63, 3.8) is 0 Å². The Balaban J connectivity index is 2.88.